The molecular formula is C10H20N2O. The second kappa shape index (κ2) is 3.66. The van der Waals surface area contributed by atoms with Crippen LogP contribution in [0.15, 0.2) is 0 Å². The molecule has 0 radical (unpaired) electrons. The zero-order valence-electron chi connectivity index (χ0n) is 8.98. The van der Waals surface area contributed by atoms with Gasteiger partial charge in [-0.15, -0.1) is 0 Å². The predicted molar refractivity (Wildman–Crippen MR) is 53.5 cm³/mol. The van der Waals surface area contributed by atoms with Gasteiger partial charge in [-0.3, -0.25) is 4.79 Å². The number of hydrogen-bond donors (Lipinski definition) is 2. The van der Waals surface area contributed by atoms with Gasteiger partial charge in [0, 0.05) is 13.1 Å². The van der Waals surface area contributed by atoms with E-state index < -0.39 is 0 Å². The van der Waals surface area contributed by atoms with Crippen molar-refractivity contribution in [2.75, 3.05) is 7.05 Å². The third kappa shape index (κ3) is 2.44. The van der Waals surface area contributed by atoms with E-state index in [1.165, 1.54) is 0 Å². The molecule has 1 rings (SSSR count). The summed E-state index contributed by atoms with van der Waals surface area (Å²) in [5.41, 5.74) is 0.253. The Morgan fingerprint density at radius 2 is 2.00 bits per heavy atom. The van der Waals surface area contributed by atoms with Crippen molar-refractivity contribution in [1.29, 1.82) is 0 Å². The van der Waals surface area contributed by atoms with E-state index in [0.717, 1.165) is 12.8 Å². The van der Waals surface area contributed by atoms with Gasteiger partial charge < -0.3 is 10.6 Å². The second-order valence-corrected chi connectivity index (χ2v) is 4.83. The molecule has 0 unspecified atom stereocenters. The topological polar surface area (TPSA) is 41.1 Å². The SMILES string of the molecule is CNC(=O)[C@@H]1CC[C@H](C(C)(C)C)N1. The van der Waals surface area contributed by atoms with Crippen molar-refractivity contribution in [3.63, 3.8) is 0 Å². The van der Waals surface area contributed by atoms with Crippen molar-refractivity contribution < 1.29 is 4.79 Å². The van der Waals surface area contributed by atoms with E-state index in [-0.39, 0.29) is 17.4 Å². The maximum atomic E-state index is 11.3. The molecule has 13 heavy (non-hydrogen) atoms. The number of nitrogens with one attached hydrogen (secondary N) is 2. The summed E-state index contributed by atoms with van der Waals surface area (Å²) in [5.74, 6) is 0.117. The fraction of sp³-hybridized carbons (Fsp3) is 0.900. The van der Waals surface area contributed by atoms with Crippen molar-refractivity contribution >= 4 is 5.91 Å². The Morgan fingerprint density at radius 3 is 2.38 bits per heavy atom. The van der Waals surface area contributed by atoms with E-state index in [1.54, 1.807) is 7.05 Å². The highest BCUT2D eigenvalue weighted by Gasteiger charge is 2.34. The number of likely N-dealkylation sites (N-methyl/N-ethyl adjacent to an activating group) is 1. The molecule has 1 amide bonds. The Hall–Kier alpha value is -0.570. The Kier molecular flexibility index (Phi) is 2.96. The molecule has 1 aliphatic heterocycles. The molecule has 0 saturated carbocycles. The highest BCUT2D eigenvalue weighted by Crippen LogP contribution is 2.28. The normalized spacial score (nSPS) is 28.9. The summed E-state index contributed by atoms with van der Waals surface area (Å²) in [6, 6.07) is 0.490. The summed E-state index contributed by atoms with van der Waals surface area (Å²) in [7, 11) is 1.69. The first-order chi connectivity index (χ1) is 5.95. The minimum Gasteiger partial charge on any atom is -0.358 e. The Balaban J connectivity index is 2.50. The van der Waals surface area contributed by atoms with Crippen molar-refractivity contribution in [3.8, 4) is 0 Å². The molecule has 76 valence electrons. The fourth-order valence-corrected chi connectivity index (χ4v) is 1.81. The van der Waals surface area contributed by atoms with Crippen LogP contribution in [0, 0.1) is 5.41 Å². The molecule has 1 aliphatic rings. The highest BCUT2D eigenvalue weighted by molar-refractivity contribution is 5.81. The highest BCUT2D eigenvalue weighted by atomic mass is 16.2. The van der Waals surface area contributed by atoms with Gasteiger partial charge in [-0.25, -0.2) is 0 Å². The van der Waals surface area contributed by atoms with Gasteiger partial charge in [0.15, 0.2) is 0 Å². The van der Waals surface area contributed by atoms with Crippen LogP contribution >= 0.6 is 0 Å². The lowest BCUT2D eigenvalue weighted by molar-refractivity contribution is -0.122. The van der Waals surface area contributed by atoms with E-state index in [4.69, 9.17) is 0 Å². The lowest BCUT2D eigenvalue weighted by Crippen LogP contribution is -2.45. The average Bonchev–Trinajstić information content (AvgIpc) is 2.50. The minimum atomic E-state index is 0.0224. The second-order valence-electron chi connectivity index (χ2n) is 4.83. The smallest absolute Gasteiger partial charge is 0.236 e. The maximum absolute atomic E-state index is 11.3. The van der Waals surface area contributed by atoms with Crippen LogP contribution < -0.4 is 10.6 Å². The molecule has 1 heterocycles. The number of hydrogen-bond acceptors (Lipinski definition) is 2. The van der Waals surface area contributed by atoms with Crippen molar-refractivity contribution in [3.05, 3.63) is 0 Å². The van der Waals surface area contributed by atoms with Gasteiger partial charge in [0.1, 0.15) is 0 Å². The molecule has 2 N–H and O–H groups in total. The summed E-state index contributed by atoms with van der Waals surface area (Å²) in [4.78, 5) is 11.3. The summed E-state index contributed by atoms with van der Waals surface area (Å²) in [6.07, 6.45) is 2.06. The van der Waals surface area contributed by atoms with Gasteiger partial charge in [0.25, 0.3) is 0 Å². The fourth-order valence-electron chi connectivity index (χ4n) is 1.81. The van der Waals surface area contributed by atoms with Crippen LogP contribution in [-0.4, -0.2) is 25.0 Å². The van der Waals surface area contributed by atoms with Crippen molar-refractivity contribution in [1.82, 2.24) is 10.6 Å². The first kappa shape index (κ1) is 10.5. The van der Waals surface area contributed by atoms with Crippen LogP contribution in [-0.2, 0) is 4.79 Å². The van der Waals surface area contributed by atoms with E-state index in [2.05, 4.69) is 31.4 Å². The Bertz CT molecular complexity index is 196. The van der Waals surface area contributed by atoms with Crippen LogP contribution in [0.5, 0.6) is 0 Å². The first-order valence-corrected chi connectivity index (χ1v) is 4.93. The molecule has 1 saturated heterocycles. The van der Waals surface area contributed by atoms with Gasteiger partial charge >= 0.3 is 0 Å². The largest absolute Gasteiger partial charge is 0.358 e. The molecule has 0 bridgehead atoms. The van der Waals surface area contributed by atoms with Crippen LogP contribution in [0.25, 0.3) is 0 Å². The maximum Gasteiger partial charge on any atom is 0.236 e. The molecule has 2 atom stereocenters. The number of amides is 1. The third-order valence-corrected chi connectivity index (χ3v) is 2.75. The van der Waals surface area contributed by atoms with Crippen LogP contribution in [0.2, 0.25) is 0 Å². The lowest BCUT2D eigenvalue weighted by Gasteiger charge is -2.27. The zero-order chi connectivity index (χ0) is 10.1. The van der Waals surface area contributed by atoms with Gasteiger partial charge in [0.2, 0.25) is 5.91 Å². The molecule has 3 nitrogen and oxygen atoms in total. The van der Waals surface area contributed by atoms with Crippen LogP contribution in [0.3, 0.4) is 0 Å². The summed E-state index contributed by atoms with van der Waals surface area (Å²) in [5, 5.41) is 6.05. The summed E-state index contributed by atoms with van der Waals surface area (Å²) >= 11 is 0. The predicted octanol–water partition coefficient (Wildman–Crippen LogP) is 0.899. The Labute approximate surface area is 80.3 Å². The van der Waals surface area contributed by atoms with Crippen molar-refractivity contribution in [2.24, 2.45) is 5.41 Å². The van der Waals surface area contributed by atoms with E-state index in [9.17, 15) is 4.79 Å². The van der Waals surface area contributed by atoms with Gasteiger partial charge in [-0.05, 0) is 18.3 Å². The third-order valence-electron chi connectivity index (χ3n) is 2.75. The average molecular weight is 184 g/mol. The molecule has 1 fully saturated rings. The van der Waals surface area contributed by atoms with E-state index in [1.807, 2.05) is 0 Å². The monoisotopic (exact) mass is 184 g/mol. The zero-order valence-corrected chi connectivity index (χ0v) is 8.98. The molecule has 3 heteroatoms. The molecule has 0 aromatic carbocycles. The van der Waals surface area contributed by atoms with Crippen LogP contribution in [0.4, 0.5) is 0 Å². The van der Waals surface area contributed by atoms with Gasteiger partial charge in [-0.1, -0.05) is 20.8 Å². The number of rotatable bonds is 1. The van der Waals surface area contributed by atoms with Crippen LogP contribution in [0.1, 0.15) is 33.6 Å². The van der Waals surface area contributed by atoms with E-state index >= 15 is 0 Å². The van der Waals surface area contributed by atoms with Crippen molar-refractivity contribution in [2.45, 2.75) is 45.7 Å². The van der Waals surface area contributed by atoms with Gasteiger partial charge in [-0.2, -0.15) is 0 Å². The Morgan fingerprint density at radius 1 is 1.38 bits per heavy atom. The molecule has 0 aromatic rings. The van der Waals surface area contributed by atoms with E-state index in [0.29, 0.717) is 6.04 Å². The summed E-state index contributed by atoms with van der Waals surface area (Å²) < 4.78 is 0. The standard InChI is InChI=1S/C10H20N2O/c1-10(2,3)8-6-5-7(12-8)9(13)11-4/h7-8,12H,5-6H2,1-4H3,(H,11,13)/t7-,8+/m0/s1. The molecule has 0 spiro atoms. The number of carbonyl (C=O) groups is 1. The number of carbonyl (C=O) groups excluding carboxylic acids is 1. The lowest BCUT2D eigenvalue weighted by atomic mass is 9.86. The molecule has 0 aromatic heterocycles. The summed E-state index contributed by atoms with van der Waals surface area (Å²) in [6.45, 7) is 6.62. The molecule has 0 aliphatic carbocycles. The quantitative estimate of drug-likeness (QED) is 0.635. The van der Waals surface area contributed by atoms with Gasteiger partial charge in [0.05, 0.1) is 6.04 Å². The first-order valence-electron chi connectivity index (χ1n) is 4.93. The molecular weight excluding hydrogens is 164 g/mol. The minimum absolute atomic E-state index is 0.0224.